The van der Waals surface area contributed by atoms with Crippen LogP contribution in [0.1, 0.15) is 19.3 Å². The zero-order valence-corrected chi connectivity index (χ0v) is 20.4. The molecule has 5 rings (SSSR count). The molecule has 4 aromatic rings. The summed E-state index contributed by atoms with van der Waals surface area (Å²) < 4.78 is 5.89. The number of ether oxygens (including phenoxy) is 1. The average molecular weight is 472 g/mol. The van der Waals surface area contributed by atoms with Crippen LogP contribution in [0.3, 0.4) is 0 Å². The number of benzene rings is 2. The van der Waals surface area contributed by atoms with Crippen LogP contribution >= 0.6 is 0 Å². The maximum atomic E-state index is 10.3. The summed E-state index contributed by atoms with van der Waals surface area (Å²) in [7, 11) is 4.07. The summed E-state index contributed by atoms with van der Waals surface area (Å²) >= 11 is 0. The Bertz CT molecular complexity index is 1250. The molecule has 1 aliphatic carbocycles. The van der Waals surface area contributed by atoms with Crippen molar-refractivity contribution in [1.82, 2.24) is 19.9 Å². The second-order valence-electron chi connectivity index (χ2n) is 9.50. The Morgan fingerprint density at radius 2 is 1.83 bits per heavy atom. The van der Waals surface area contributed by atoms with Crippen molar-refractivity contribution < 1.29 is 9.84 Å². The zero-order valence-electron chi connectivity index (χ0n) is 20.4. The molecule has 0 bridgehead atoms. The summed E-state index contributed by atoms with van der Waals surface area (Å²) in [5, 5.41) is 14.8. The van der Waals surface area contributed by atoms with Crippen LogP contribution in [-0.4, -0.2) is 64.9 Å². The van der Waals surface area contributed by atoms with Gasteiger partial charge in [-0.1, -0.05) is 36.8 Å². The predicted octanol–water partition coefficient (Wildman–Crippen LogP) is 4.81. The van der Waals surface area contributed by atoms with Gasteiger partial charge in [0.15, 0.2) is 0 Å². The Balaban J connectivity index is 1.51. The van der Waals surface area contributed by atoms with Gasteiger partial charge >= 0.3 is 0 Å². The van der Waals surface area contributed by atoms with Gasteiger partial charge in [0, 0.05) is 24.6 Å². The normalized spacial score (nSPS) is 17.8. The number of likely N-dealkylation sites (N-methyl/N-ethyl adjacent to an activating group) is 1. The van der Waals surface area contributed by atoms with Gasteiger partial charge in [-0.25, -0.2) is 9.97 Å². The van der Waals surface area contributed by atoms with E-state index in [1.54, 1.807) is 6.33 Å². The third-order valence-corrected chi connectivity index (χ3v) is 6.75. The molecule has 0 unspecified atom stereocenters. The molecule has 35 heavy (non-hydrogen) atoms. The number of aromatic amines is 1. The zero-order chi connectivity index (χ0) is 24.2. The minimum atomic E-state index is -0.242. The maximum absolute atomic E-state index is 10.3. The second kappa shape index (κ2) is 10.5. The lowest BCUT2D eigenvalue weighted by molar-refractivity contribution is 0.138. The molecule has 2 aromatic carbocycles. The molecule has 182 valence electrons. The van der Waals surface area contributed by atoms with E-state index in [2.05, 4.69) is 49.4 Å². The number of fused-ring (bicyclic) bond motifs is 1. The number of nitrogens with zero attached hydrogens (tertiary/aromatic N) is 3. The van der Waals surface area contributed by atoms with Gasteiger partial charge in [0.05, 0.1) is 17.2 Å². The molecule has 0 aliphatic heterocycles. The van der Waals surface area contributed by atoms with Crippen LogP contribution in [0.15, 0.2) is 60.9 Å². The molecule has 2 heterocycles. The van der Waals surface area contributed by atoms with Crippen molar-refractivity contribution >= 4 is 16.9 Å². The largest absolute Gasteiger partial charge is 0.492 e. The third kappa shape index (κ3) is 5.16. The first-order valence-corrected chi connectivity index (χ1v) is 12.3. The van der Waals surface area contributed by atoms with Crippen molar-refractivity contribution in [3.8, 4) is 28.1 Å². The number of rotatable bonds is 9. The van der Waals surface area contributed by atoms with Crippen molar-refractivity contribution in [3.63, 3.8) is 0 Å². The molecular formula is C28H33N5O2. The average Bonchev–Trinajstić information content (AvgIpc) is 3.47. The van der Waals surface area contributed by atoms with Crippen molar-refractivity contribution in [2.45, 2.75) is 25.4 Å². The van der Waals surface area contributed by atoms with Crippen molar-refractivity contribution in [1.29, 1.82) is 0 Å². The van der Waals surface area contributed by atoms with Gasteiger partial charge < -0.3 is 25.0 Å². The van der Waals surface area contributed by atoms with Crippen LogP contribution in [0.5, 0.6) is 5.75 Å². The summed E-state index contributed by atoms with van der Waals surface area (Å²) in [5.41, 5.74) is 5.00. The van der Waals surface area contributed by atoms with Gasteiger partial charge in [-0.05, 0) is 62.3 Å². The highest BCUT2D eigenvalue weighted by molar-refractivity contribution is 6.07. The Labute approximate surface area is 206 Å². The van der Waals surface area contributed by atoms with E-state index in [4.69, 9.17) is 4.74 Å². The fourth-order valence-corrected chi connectivity index (χ4v) is 4.81. The fraction of sp³-hybridized carbons (Fsp3) is 0.357. The van der Waals surface area contributed by atoms with E-state index in [-0.39, 0.29) is 12.0 Å². The van der Waals surface area contributed by atoms with Crippen molar-refractivity contribution in [2.24, 2.45) is 5.92 Å². The van der Waals surface area contributed by atoms with Crippen LogP contribution in [0.2, 0.25) is 0 Å². The van der Waals surface area contributed by atoms with E-state index in [0.717, 1.165) is 70.8 Å². The standard InChI is InChI=1S/C28H33N5O2/c1-33(2)15-16-35-22-13-11-20(12-14-22)26-24(19-7-4-3-5-8-19)25-27(30-18-31-28(25)32-26)29-17-21-9-6-10-23(21)34/h3-5,7-8,11-14,18,21,23,34H,6,9-10,15-17H2,1-2H3,(H2,29,30,31,32)/t21-,23-/m0/s1. The highest BCUT2D eigenvalue weighted by atomic mass is 16.5. The predicted molar refractivity (Wildman–Crippen MR) is 141 cm³/mol. The highest BCUT2D eigenvalue weighted by Crippen LogP contribution is 2.40. The van der Waals surface area contributed by atoms with E-state index < -0.39 is 0 Å². The first-order chi connectivity index (χ1) is 17.1. The number of H-pyrrole nitrogens is 1. The molecule has 0 amide bonds. The minimum absolute atomic E-state index is 0.242. The minimum Gasteiger partial charge on any atom is -0.492 e. The van der Waals surface area contributed by atoms with Gasteiger partial charge in [0.1, 0.15) is 30.1 Å². The molecule has 1 fully saturated rings. The number of aliphatic hydroxyl groups excluding tert-OH is 1. The first kappa shape index (κ1) is 23.3. The Morgan fingerprint density at radius 3 is 2.54 bits per heavy atom. The van der Waals surface area contributed by atoms with Crippen molar-refractivity contribution in [2.75, 3.05) is 39.1 Å². The highest BCUT2D eigenvalue weighted by Gasteiger charge is 2.26. The lowest BCUT2D eigenvalue weighted by Gasteiger charge is -2.16. The number of aromatic nitrogens is 3. The monoisotopic (exact) mass is 471 g/mol. The van der Waals surface area contributed by atoms with E-state index >= 15 is 0 Å². The Hall–Kier alpha value is -3.42. The number of aliphatic hydroxyl groups is 1. The molecule has 7 nitrogen and oxygen atoms in total. The third-order valence-electron chi connectivity index (χ3n) is 6.75. The molecule has 3 N–H and O–H groups in total. The van der Waals surface area contributed by atoms with Crippen LogP contribution in [0.4, 0.5) is 5.82 Å². The molecule has 1 aliphatic rings. The lowest BCUT2D eigenvalue weighted by Crippen LogP contribution is -2.22. The number of anilines is 1. The van der Waals surface area contributed by atoms with E-state index in [9.17, 15) is 5.11 Å². The van der Waals surface area contributed by atoms with E-state index in [0.29, 0.717) is 13.2 Å². The van der Waals surface area contributed by atoms with Gasteiger partial charge in [-0.3, -0.25) is 0 Å². The molecule has 7 heteroatoms. The molecule has 0 radical (unpaired) electrons. The van der Waals surface area contributed by atoms with Crippen molar-refractivity contribution in [3.05, 3.63) is 60.9 Å². The second-order valence-corrected chi connectivity index (χ2v) is 9.50. The number of hydrogen-bond acceptors (Lipinski definition) is 6. The molecule has 0 spiro atoms. The topological polar surface area (TPSA) is 86.3 Å². The van der Waals surface area contributed by atoms with Crippen LogP contribution in [-0.2, 0) is 0 Å². The summed E-state index contributed by atoms with van der Waals surface area (Å²) in [6.45, 7) is 2.21. The lowest BCUT2D eigenvalue weighted by atomic mass is 9.99. The van der Waals surface area contributed by atoms with Crippen LogP contribution in [0.25, 0.3) is 33.4 Å². The molecule has 0 saturated heterocycles. The maximum Gasteiger partial charge on any atom is 0.143 e. The molecule has 2 aromatic heterocycles. The summed E-state index contributed by atoms with van der Waals surface area (Å²) in [4.78, 5) is 14.8. The Morgan fingerprint density at radius 1 is 1.03 bits per heavy atom. The van der Waals surface area contributed by atoms with Gasteiger partial charge in [-0.2, -0.15) is 0 Å². The molecular weight excluding hydrogens is 438 g/mol. The number of nitrogens with one attached hydrogen (secondary N) is 2. The van der Waals surface area contributed by atoms with E-state index in [1.807, 2.05) is 44.4 Å². The quantitative estimate of drug-likeness (QED) is 0.325. The number of hydrogen-bond donors (Lipinski definition) is 3. The Kier molecular flexibility index (Phi) is 6.97. The van der Waals surface area contributed by atoms with Crippen LogP contribution in [0, 0.1) is 5.92 Å². The fourth-order valence-electron chi connectivity index (χ4n) is 4.81. The summed E-state index contributed by atoms with van der Waals surface area (Å²) in [5.74, 6) is 1.89. The summed E-state index contributed by atoms with van der Waals surface area (Å²) in [6, 6.07) is 18.5. The van der Waals surface area contributed by atoms with Gasteiger partial charge in [-0.15, -0.1) is 0 Å². The molecule has 1 saturated carbocycles. The van der Waals surface area contributed by atoms with Gasteiger partial charge in [0.2, 0.25) is 0 Å². The SMILES string of the molecule is CN(C)CCOc1ccc(-c2[nH]c3ncnc(NC[C@@H]4CCC[C@@H]4O)c3c2-c2ccccc2)cc1. The van der Waals surface area contributed by atoms with E-state index in [1.165, 1.54) is 0 Å². The smallest absolute Gasteiger partial charge is 0.143 e. The first-order valence-electron chi connectivity index (χ1n) is 12.3. The van der Waals surface area contributed by atoms with Crippen LogP contribution < -0.4 is 10.1 Å². The molecule has 2 atom stereocenters. The summed E-state index contributed by atoms with van der Waals surface area (Å²) in [6.07, 6.45) is 4.34. The van der Waals surface area contributed by atoms with Gasteiger partial charge in [0.25, 0.3) is 0 Å².